The van der Waals surface area contributed by atoms with Crippen LogP contribution in [0.2, 0.25) is 0 Å². The van der Waals surface area contributed by atoms with Crippen molar-refractivity contribution in [1.82, 2.24) is 10.6 Å². The van der Waals surface area contributed by atoms with E-state index in [0.29, 0.717) is 35.2 Å². The standard InChI is InChI=1S/C20H38N4O8S11/c25-1-3-42-20(28)24-9-36-16-39-13-33-6-21-5-31-32-12-38-18-41-17-37-11-30-19(27)23-8-35-15-40-14-34-7-22-10-43(29)4-2-26/h5,10,25-26H,1-4,6-9,11-18H2,(H,23,27)(H,24,28)/b21-5+,22-10-. The van der Waals surface area contributed by atoms with Crippen LogP contribution in [0.3, 0.4) is 0 Å². The van der Waals surface area contributed by atoms with E-state index in [1.165, 1.54) is 23.7 Å². The number of hydrogen-bond donors (Lipinski definition) is 4. The molecule has 0 bridgehead atoms. The number of carbonyl (C=O) groups excluding carboxylic acids is 2. The molecule has 23 heteroatoms. The largest absolute Gasteiger partial charge is 0.438 e. The maximum Gasteiger partial charge on any atom is 0.408 e. The Morgan fingerprint density at radius 2 is 1.35 bits per heavy atom. The molecule has 0 aromatic rings. The van der Waals surface area contributed by atoms with Crippen LogP contribution in [-0.4, -0.2) is 128 Å². The SMILES string of the molecule is O=C(NCSCSCSC/N=C\S(=O)CCO)OCSCSCSCOO/C=N/CSCSCSCNC(=O)SCCO. The van der Waals surface area contributed by atoms with Crippen LogP contribution in [0.1, 0.15) is 0 Å². The number of nitrogens with one attached hydrogen (secondary N) is 2. The number of thioether (sulfide) groups is 10. The Labute approximate surface area is 298 Å². The van der Waals surface area contributed by atoms with E-state index < -0.39 is 16.9 Å². The van der Waals surface area contributed by atoms with Gasteiger partial charge in [-0.1, -0.05) is 11.8 Å². The number of carbonyl (C=O) groups is 2. The average Bonchev–Trinajstić information content (AvgIpc) is 3.00. The van der Waals surface area contributed by atoms with E-state index >= 15 is 0 Å². The molecule has 252 valence electrons. The van der Waals surface area contributed by atoms with Crippen molar-refractivity contribution in [3.8, 4) is 0 Å². The molecule has 0 aliphatic heterocycles. The highest BCUT2D eigenvalue weighted by molar-refractivity contribution is 8.23. The molecular weight excluding hydrogens is 777 g/mol. The second-order valence-electron chi connectivity index (χ2n) is 6.57. The highest BCUT2D eigenvalue weighted by Crippen LogP contribution is 2.19. The number of rotatable bonds is 31. The van der Waals surface area contributed by atoms with E-state index in [2.05, 4.69) is 20.6 Å². The van der Waals surface area contributed by atoms with Crippen molar-refractivity contribution in [3.05, 3.63) is 0 Å². The van der Waals surface area contributed by atoms with Crippen molar-refractivity contribution >= 4 is 152 Å². The molecule has 0 spiro atoms. The Morgan fingerprint density at radius 3 is 2.02 bits per heavy atom. The van der Waals surface area contributed by atoms with E-state index in [0.717, 1.165) is 42.3 Å². The fraction of sp³-hybridized carbons (Fsp3) is 0.800. The van der Waals surface area contributed by atoms with Gasteiger partial charge in [0.1, 0.15) is 11.9 Å². The zero-order valence-corrected chi connectivity index (χ0v) is 32.2. The minimum absolute atomic E-state index is 0.000252. The summed E-state index contributed by atoms with van der Waals surface area (Å²) in [7, 11) is -1.19. The summed E-state index contributed by atoms with van der Waals surface area (Å²) in [6.07, 6.45) is 0.862. The molecule has 0 saturated heterocycles. The Balaban J connectivity index is 3.27. The molecule has 0 saturated carbocycles. The zero-order valence-electron chi connectivity index (χ0n) is 23.2. The molecule has 0 aliphatic carbocycles. The highest BCUT2D eigenvalue weighted by Gasteiger charge is 2.02. The zero-order chi connectivity index (χ0) is 31.5. The van der Waals surface area contributed by atoms with Crippen molar-refractivity contribution in [2.24, 2.45) is 9.98 Å². The molecule has 0 rings (SSSR count). The van der Waals surface area contributed by atoms with E-state index in [1.54, 1.807) is 94.1 Å². The van der Waals surface area contributed by atoms with Gasteiger partial charge in [0.15, 0.2) is 0 Å². The van der Waals surface area contributed by atoms with Crippen LogP contribution >= 0.6 is 118 Å². The van der Waals surface area contributed by atoms with Gasteiger partial charge in [-0.05, 0) is 0 Å². The summed E-state index contributed by atoms with van der Waals surface area (Å²) < 4.78 is 16.4. The van der Waals surface area contributed by atoms with Crippen LogP contribution < -0.4 is 10.6 Å². The van der Waals surface area contributed by atoms with E-state index in [1.807, 2.05) is 0 Å². The average molecular weight is 815 g/mol. The van der Waals surface area contributed by atoms with Crippen LogP contribution in [0.5, 0.6) is 0 Å². The summed E-state index contributed by atoms with van der Waals surface area (Å²) in [6, 6.07) is 0. The number of aliphatic imine (C=N–C) groups is 2. The number of ether oxygens (including phenoxy) is 1. The summed E-state index contributed by atoms with van der Waals surface area (Å²) in [5, 5.41) is 27.7. The van der Waals surface area contributed by atoms with Gasteiger partial charge in [0.05, 0.1) is 58.8 Å². The van der Waals surface area contributed by atoms with Gasteiger partial charge in [-0.15, -0.1) is 106 Å². The number of nitrogens with zero attached hydrogens (tertiary/aromatic N) is 2. The van der Waals surface area contributed by atoms with Gasteiger partial charge in [-0.25, -0.2) is 9.79 Å². The maximum absolute atomic E-state index is 11.7. The first-order chi connectivity index (χ1) is 21.1. The lowest BCUT2D eigenvalue weighted by molar-refractivity contribution is -0.196. The monoisotopic (exact) mass is 814 g/mol. The summed E-state index contributed by atoms with van der Waals surface area (Å²) in [6.45, 7) is -0.105. The smallest absolute Gasteiger partial charge is 0.408 e. The summed E-state index contributed by atoms with van der Waals surface area (Å²) in [5.74, 6) is 3.45. The topological polar surface area (TPSA) is 168 Å². The van der Waals surface area contributed by atoms with Crippen LogP contribution in [0, 0.1) is 0 Å². The summed E-state index contributed by atoms with van der Waals surface area (Å²) in [5.41, 5.74) is 1.38. The van der Waals surface area contributed by atoms with Gasteiger partial charge >= 0.3 is 6.09 Å². The molecule has 0 aliphatic rings. The Hall–Kier alpha value is 1.41. The molecule has 2 amide bonds. The third-order valence-corrected chi connectivity index (χ3v) is 15.0. The molecule has 0 radical (unpaired) electrons. The molecule has 1 unspecified atom stereocenters. The molecule has 0 aromatic heterocycles. The van der Waals surface area contributed by atoms with Crippen molar-refractivity contribution in [1.29, 1.82) is 0 Å². The Kier molecular flexibility index (Phi) is 39.1. The number of aliphatic hydroxyl groups is 2. The molecule has 0 heterocycles. The third-order valence-electron chi connectivity index (χ3n) is 3.37. The molecular formula is C20H38N4O8S11. The predicted octanol–water partition coefficient (Wildman–Crippen LogP) is 4.98. The summed E-state index contributed by atoms with van der Waals surface area (Å²) in [4.78, 5) is 41.1. The van der Waals surface area contributed by atoms with Gasteiger partial charge in [-0.2, -0.15) is 4.89 Å². The first kappa shape index (κ1) is 44.4. The van der Waals surface area contributed by atoms with Gasteiger partial charge in [0.2, 0.25) is 6.40 Å². The van der Waals surface area contributed by atoms with Crippen molar-refractivity contribution in [3.63, 3.8) is 0 Å². The third kappa shape index (κ3) is 37.7. The van der Waals surface area contributed by atoms with Crippen molar-refractivity contribution in [2.45, 2.75) is 0 Å². The van der Waals surface area contributed by atoms with Crippen LogP contribution in [0.25, 0.3) is 0 Å². The maximum atomic E-state index is 11.7. The number of amides is 2. The number of alkyl carbamates (subject to hydrolysis) is 1. The lowest BCUT2D eigenvalue weighted by Gasteiger charge is -2.06. The molecule has 0 aromatic carbocycles. The van der Waals surface area contributed by atoms with E-state index in [-0.39, 0.29) is 30.1 Å². The Morgan fingerprint density at radius 1 is 0.744 bits per heavy atom. The molecule has 43 heavy (non-hydrogen) atoms. The van der Waals surface area contributed by atoms with Crippen LogP contribution in [0.4, 0.5) is 9.59 Å². The molecule has 4 N–H and O–H groups in total. The van der Waals surface area contributed by atoms with Crippen molar-refractivity contribution < 1.29 is 38.5 Å². The lowest BCUT2D eigenvalue weighted by Crippen LogP contribution is -2.23. The molecule has 12 nitrogen and oxygen atoms in total. The highest BCUT2D eigenvalue weighted by atomic mass is 32.2. The fourth-order valence-corrected chi connectivity index (χ4v) is 11.3. The van der Waals surface area contributed by atoms with Crippen LogP contribution in [0.15, 0.2) is 9.98 Å². The lowest BCUT2D eigenvalue weighted by atomic mass is 10.9. The Bertz CT molecular complexity index is 751. The second-order valence-corrected chi connectivity index (χ2v) is 19.9. The first-order valence-electron chi connectivity index (χ1n) is 12.0. The van der Waals surface area contributed by atoms with E-state index in [4.69, 9.17) is 24.7 Å². The normalized spacial score (nSPS) is 12.1. The molecule has 1 atom stereocenters. The van der Waals surface area contributed by atoms with Crippen molar-refractivity contribution in [2.75, 3.05) is 90.6 Å². The minimum Gasteiger partial charge on any atom is -0.438 e. The second kappa shape index (κ2) is 37.9. The van der Waals surface area contributed by atoms with Crippen LogP contribution in [-0.2, 0) is 25.3 Å². The first-order valence-corrected chi connectivity index (χ1v) is 24.7. The quantitative estimate of drug-likeness (QED) is 0.0185. The number of aliphatic hydroxyl groups excluding tert-OH is 2. The minimum atomic E-state index is -1.19. The van der Waals surface area contributed by atoms with Gasteiger partial charge in [0, 0.05) is 36.3 Å². The summed E-state index contributed by atoms with van der Waals surface area (Å²) >= 11 is 15.8. The van der Waals surface area contributed by atoms with E-state index in [9.17, 15) is 13.8 Å². The van der Waals surface area contributed by atoms with Gasteiger partial charge < -0.3 is 30.5 Å². The fourth-order valence-electron chi connectivity index (χ4n) is 1.75. The molecule has 0 fully saturated rings. The number of hydrogen-bond acceptors (Lipinski definition) is 20. The predicted molar refractivity (Wildman–Crippen MR) is 204 cm³/mol. The van der Waals surface area contributed by atoms with Gasteiger partial charge in [-0.3, -0.25) is 14.0 Å². The van der Waals surface area contributed by atoms with Gasteiger partial charge in [0.25, 0.3) is 5.24 Å².